The summed E-state index contributed by atoms with van der Waals surface area (Å²) in [5.41, 5.74) is 3.72. The van der Waals surface area contributed by atoms with Gasteiger partial charge in [-0.2, -0.15) is 0 Å². The lowest BCUT2D eigenvalue weighted by molar-refractivity contribution is -0.384. The number of hydrogen-bond donors (Lipinski definition) is 4. The van der Waals surface area contributed by atoms with E-state index in [2.05, 4.69) is 20.9 Å². The lowest BCUT2D eigenvalue weighted by Crippen LogP contribution is -2.30. The fourth-order valence-electron chi connectivity index (χ4n) is 5.04. The van der Waals surface area contributed by atoms with Crippen molar-refractivity contribution in [3.05, 3.63) is 172 Å². The smallest absolute Gasteiger partial charge is 0.272 e. The van der Waals surface area contributed by atoms with Gasteiger partial charge in [-0.25, -0.2) is 0 Å². The molecule has 10 nitrogen and oxygen atoms in total. The molecule has 0 aliphatic rings. The molecule has 1 aromatic heterocycles. The van der Waals surface area contributed by atoms with Gasteiger partial charge in [0.1, 0.15) is 10.9 Å². The number of amides is 3. The van der Waals surface area contributed by atoms with Crippen LogP contribution in [0.15, 0.2) is 150 Å². The van der Waals surface area contributed by atoms with Crippen molar-refractivity contribution >= 4 is 63.5 Å². The second-order valence-electron chi connectivity index (χ2n) is 10.8. The molecule has 1 unspecified atom stereocenters. The molecule has 0 saturated heterocycles. The van der Waals surface area contributed by atoms with Crippen molar-refractivity contribution in [3.8, 4) is 0 Å². The maximum atomic E-state index is 13.6. The highest BCUT2D eigenvalue weighted by Crippen LogP contribution is 2.37. The molecule has 0 radical (unpaired) electrons. The van der Waals surface area contributed by atoms with E-state index in [0.29, 0.717) is 16.9 Å². The summed E-state index contributed by atoms with van der Waals surface area (Å²) in [5, 5.41) is 19.8. The number of non-ortho nitro benzene ring substituents is 1. The van der Waals surface area contributed by atoms with Gasteiger partial charge < -0.3 is 20.9 Å². The van der Waals surface area contributed by atoms with Gasteiger partial charge >= 0.3 is 0 Å². The molecule has 6 aromatic rings. The molecule has 4 N–H and O–H groups in total. The van der Waals surface area contributed by atoms with Crippen molar-refractivity contribution < 1.29 is 19.3 Å². The van der Waals surface area contributed by atoms with Gasteiger partial charge in [-0.1, -0.05) is 66.7 Å². The zero-order valence-electron chi connectivity index (χ0n) is 25.8. The summed E-state index contributed by atoms with van der Waals surface area (Å²) in [5.74, 6) is -1.24. The number of nitro benzene ring substituents is 1. The first-order valence-electron chi connectivity index (χ1n) is 15.2. The summed E-state index contributed by atoms with van der Waals surface area (Å²) in [4.78, 5) is 54.6. The van der Waals surface area contributed by atoms with Gasteiger partial charge in [0.15, 0.2) is 0 Å². The predicted octanol–water partition coefficient (Wildman–Crippen LogP) is 7.96. The number of rotatable bonds is 11. The lowest BCUT2D eigenvalue weighted by Gasteiger charge is -2.17. The first-order valence-corrected chi connectivity index (χ1v) is 16.0. The molecule has 0 bridgehead atoms. The molecule has 0 saturated carbocycles. The predicted molar refractivity (Wildman–Crippen MR) is 192 cm³/mol. The second-order valence-corrected chi connectivity index (χ2v) is 12.0. The van der Waals surface area contributed by atoms with Gasteiger partial charge in [-0.05, 0) is 66.2 Å². The Bertz CT molecular complexity index is 2150. The molecule has 3 amide bonds. The number of carbonyl (C=O) groups excluding carboxylic acids is 3. The largest absolute Gasteiger partial charge is 0.361 e. The number of thioether (sulfide) groups is 1. The summed E-state index contributed by atoms with van der Waals surface area (Å²) in [7, 11) is 0. The van der Waals surface area contributed by atoms with Gasteiger partial charge in [-0.3, -0.25) is 24.5 Å². The van der Waals surface area contributed by atoms with Crippen LogP contribution < -0.4 is 16.0 Å². The monoisotopic (exact) mass is 667 g/mol. The van der Waals surface area contributed by atoms with Crippen molar-refractivity contribution in [2.75, 3.05) is 10.6 Å². The molecule has 0 aliphatic carbocycles. The molecule has 0 fully saturated rings. The highest BCUT2D eigenvalue weighted by atomic mass is 32.2. The van der Waals surface area contributed by atoms with Gasteiger partial charge in [0.2, 0.25) is 5.91 Å². The Balaban J connectivity index is 1.20. The van der Waals surface area contributed by atoms with Crippen molar-refractivity contribution in [3.63, 3.8) is 0 Å². The number of benzene rings is 5. The number of aromatic nitrogens is 1. The van der Waals surface area contributed by atoms with Crippen LogP contribution in [0.2, 0.25) is 0 Å². The molecule has 0 spiro atoms. The number of anilines is 2. The van der Waals surface area contributed by atoms with Gasteiger partial charge in [0, 0.05) is 56.6 Å². The maximum absolute atomic E-state index is 13.6. The van der Waals surface area contributed by atoms with E-state index < -0.39 is 22.0 Å². The number of nitrogens with one attached hydrogen (secondary N) is 4. The number of hydrogen-bond acceptors (Lipinski definition) is 6. The van der Waals surface area contributed by atoms with E-state index in [1.807, 2.05) is 60.7 Å². The van der Waals surface area contributed by atoms with Crippen LogP contribution in [-0.2, 0) is 9.59 Å². The Kier molecular flexibility index (Phi) is 9.92. The van der Waals surface area contributed by atoms with E-state index in [4.69, 9.17) is 0 Å². The first-order chi connectivity index (χ1) is 23.8. The van der Waals surface area contributed by atoms with Gasteiger partial charge in [-0.15, -0.1) is 11.8 Å². The molecule has 0 aliphatic heterocycles. The number of para-hydroxylation sites is 1. The molecule has 1 heterocycles. The van der Waals surface area contributed by atoms with E-state index >= 15 is 0 Å². The zero-order valence-corrected chi connectivity index (χ0v) is 26.6. The number of fused-ring (bicyclic) bond motifs is 1. The molecule has 242 valence electrons. The van der Waals surface area contributed by atoms with Gasteiger partial charge in [0.05, 0.1) is 4.92 Å². The maximum Gasteiger partial charge on any atom is 0.272 e. The Morgan fingerprint density at radius 2 is 1.35 bits per heavy atom. The van der Waals surface area contributed by atoms with Crippen LogP contribution in [0, 0.1) is 10.1 Å². The minimum atomic E-state index is -0.643. The fourth-order valence-corrected chi connectivity index (χ4v) is 6.06. The number of nitrogens with zero attached hydrogens (tertiary/aromatic N) is 1. The van der Waals surface area contributed by atoms with Crippen LogP contribution >= 0.6 is 11.8 Å². The average Bonchev–Trinajstić information content (AvgIpc) is 3.54. The van der Waals surface area contributed by atoms with Crippen LogP contribution in [0.3, 0.4) is 0 Å². The Labute approximate surface area is 285 Å². The molecule has 5 aromatic carbocycles. The SMILES string of the molecule is O=C(Nc1ccc(SC(C(=O)Nc2ccc([N+](=O)[O-])cc2)c2ccccc2)cc1)C(=Cc1c[nH]c2ccccc12)NC(=O)c1ccccc1. The highest BCUT2D eigenvalue weighted by molar-refractivity contribution is 8.00. The van der Waals surface area contributed by atoms with E-state index in [1.165, 1.54) is 36.0 Å². The standard InChI is InChI=1S/C38H29N5O5S/c44-36(26-11-5-2-6-12-26)42-34(23-27-24-39-33-14-8-7-13-32(27)33)37(45)40-29-17-21-31(22-18-29)49-35(25-9-3-1-4-10-25)38(46)41-28-15-19-30(20-16-28)43(47)48/h1-24,35,39H,(H,40,45)(H,41,46)(H,42,44). The fraction of sp³-hybridized carbons (Fsp3) is 0.0263. The summed E-state index contributed by atoms with van der Waals surface area (Å²) >= 11 is 1.32. The number of aromatic amines is 1. The Hall–Kier alpha value is -6.46. The molecule has 11 heteroatoms. The molecule has 1 atom stereocenters. The number of nitro groups is 1. The van der Waals surface area contributed by atoms with E-state index in [0.717, 1.165) is 26.9 Å². The molecular formula is C38H29N5O5S. The first kappa shape index (κ1) is 32.5. The average molecular weight is 668 g/mol. The van der Waals surface area contributed by atoms with Crippen LogP contribution in [0.1, 0.15) is 26.7 Å². The third kappa shape index (κ3) is 8.10. The van der Waals surface area contributed by atoms with Crippen LogP contribution in [0.4, 0.5) is 17.1 Å². The quantitative estimate of drug-likeness (QED) is 0.0477. The van der Waals surface area contributed by atoms with Crippen molar-refractivity contribution in [1.29, 1.82) is 0 Å². The molecule has 49 heavy (non-hydrogen) atoms. The minimum absolute atomic E-state index is 0.0594. The van der Waals surface area contributed by atoms with Crippen LogP contribution in [0.25, 0.3) is 17.0 Å². The van der Waals surface area contributed by atoms with Crippen molar-refractivity contribution in [2.24, 2.45) is 0 Å². The third-order valence-electron chi connectivity index (χ3n) is 7.50. The van der Waals surface area contributed by atoms with Crippen molar-refractivity contribution in [1.82, 2.24) is 10.3 Å². The Morgan fingerprint density at radius 1 is 0.735 bits per heavy atom. The third-order valence-corrected chi connectivity index (χ3v) is 8.77. The number of H-pyrrole nitrogens is 1. The lowest BCUT2D eigenvalue weighted by atomic mass is 10.1. The van der Waals surface area contributed by atoms with Crippen molar-refractivity contribution in [2.45, 2.75) is 10.1 Å². The zero-order chi connectivity index (χ0) is 34.2. The highest BCUT2D eigenvalue weighted by Gasteiger charge is 2.23. The van der Waals surface area contributed by atoms with E-state index in [1.54, 1.807) is 60.8 Å². The molecule has 6 rings (SSSR count). The topological polar surface area (TPSA) is 146 Å². The Morgan fingerprint density at radius 3 is 2.04 bits per heavy atom. The minimum Gasteiger partial charge on any atom is -0.361 e. The summed E-state index contributed by atoms with van der Waals surface area (Å²) < 4.78 is 0. The van der Waals surface area contributed by atoms with Crippen LogP contribution in [-0.4, -0.2) is 27.6 Å². The summed E-state index contributed by atoms with van der Waals surface area (Å²) in [6.45, 7) is 0. The van der Waals surface area contributed by atoms with Crippen LogP contribution in [0.5, 0.6) is 0 Å². The summed E-state index contributed by atoms with van der Waals surface area (Å²) in [6, 6.07) is 38.2. The van der Waals surface area contributed by atoms with Gasteiger partial charge in [0.25, 0.3) is 17.5 Å². The molecular weight excluding hydrogens is 639 g/mol. The summed E-state index contributed by atoms with van der Waals surface area (Å²) in [6.07, 6.45) is 3.41. The van der Waals surface area contributed by atoms with E-state index in [9.17, 15) is 24.5 Å². The second kappa shape index (κ2) is 15.0. The van der Waals surface area contributed by atoms with E-state index in [-0.39, 0.29) is 17.3 Å². The number of carbonyl (C=O) groups is 3. The normalized spacial score (nSPS) is 11.8.